The highest BCUT2D eigenvalue weighted by molar-refractivity contribution is 5.91. The number of likely N-dealkylation sites (N-methyl/N-ethyl adjacent to an activating group) is 1. The van der Waals surface area contributed by atoms with E-state index in [1.807, 2.05) is 19.2 Å². The lowest BCUT2D eigenvalue weighted by Gasteiger charge is -2.15. The molecule has 0 heterocycles. The molecule has 0 atom stereocenters. The Morgan fingerprint density at radius 1 is 1.42 bits per heavy atom. The van der Waals surface area contributed by atoms with Gasteiger partial charge >= 0.3 is 0 Å². The van der Waals surface area contributed by atoms with Crippen LogP contribution >= 0.6 is 0 Å². The number of hydrogen-bond acceptors (Lipinski definition) is 4. The van der Waals surface area contributed by atoms with Crippen LogP contribution in [0.2, 0.25) is 0 Å². The number of rotatable bonds is 8. The average Bonchev–Trinajstić information content (AvgIpc) is 2.36. The Hall–Kier alpha value is -1.59. The van der Waals surface area contributed by atoms with Gasteiger partial charge in [-0.05, 0) is 38.2 Å². The largest absolute Gasteiger partial charge is 0.399 e. The van der Waals surface area contributed by atoms with E-state index in [1.165, 1.54) is 0 Å². The number of nitrogen functional groups attached to an aromatic ring is 1. The summed E-state index contributed by atoms with van der Waals surface area (Å²) in [5.41, 5.74) is 7.05. The van der Waals surface area contributed by atoms with E-state index in [4.69, 9.17) is 10.5 Å². The molecule has 0 saturated heterocycles. The van der Waals surface area contributed by atoms with Gasteiger partial charge in [-0.25, -0.2) is 0 Å². The number of nitrogens with zero attached hydrogens (tertiary/aromatic N) is 1. The minimum Gasteiger partial charge on any atom is -0.399 e. The molecule has 19 heavy (non-hydrogen) atoms. The molecule has 0 aliphatic heterocycles. The van der Waals surface area contributed by atoms with Crippen molar-refractivity contribution in [2.24, 2.45) is 0 Å². The number of carbonyl (C=O) groups excluding carboxylic acids is 1. The molecular formula is C14H23N3O2. The number of methoxy groups -OCH3 is 1. The van der Waals surface area contributed by atoms with Gasteiger partial charge in [-0.15, -0.1) is 0 Å². The Morgan fingerprint density at radius 3 is 2.89 bits per heavy atom. The van der Waals surface area contributed by atoms with E-state index in [0.717, 1.165) is 25.2 Å². The Balaban J connectivity index is 2.21. The summed E-state index contributed by atoms with van der Waals surface area (Å²) in [7, 11) is 3.71. The molecule has 0 saturated carbocycles. The van der Waals surface area contributed by atoms with Crippen LogP contribution in [0.5, 0.6) is 0 Å². The number of ether oxygens (including phenoxy) is 1. The third-order valence-corrected chi connectivity index (χ3v) is 2.79. The fourth-order valence-electron chi connectivity index (χ4n) is 1.71. The molecule has 0 radical (unpaired) electrons. The fraction of sp³-hybridized carbons (Fsp3) is 0.500. The molecule has 1 aromatic carbocycles. The fourth-order valence-corrected chi connectivity index (χ4v) is 1.71. The molecule has 0 aromatic heterocycles. The van der Waals surface area contributed by atoms with Crippen LogP contribution in [0.3, 0.4) is 0 Å². The first-order valence-electron chi connectivity index (χ1n) is 6.44. The number of anilines is 2. The summed E-state index contributed by atoms with van der Waals surface area (Å²) in [5, 5.41) is 2.84. The van der Waals surface area contributed by atoms with Gasteiger partial charge in [-0.3, -0.25) is 4.79 Å². The minimum absolute atomic E-state index is 0.0192. The van der Waals surface area contributed by atoms with Crippen molar-refractivity contribution in [1.82, 2.24) is 4.90 Å². The van der Waals surface area contributed by atoms with Crippen molar-refractivity contribution < 1.29 is 9.53 Å². The molecule has 0 spiro atoms. The maximum absolute atomic E-state index is 11.7. The molecule has 1 rings (SSSR count). The predicted octanol–water partition coefficient (Wildman–Crippen LogP) is 1.57. The number of benzene rings is 1. The van der Waals surface area contributed by atoms with Crippen molar-refractivity contribution in [2.45, 2.75) is 12.8 Å². The number of carbonyl (C=O) groups is 1. The minimum atomic E-state index is 0.0192. The molecule has 0 fully saturated rings. The van der Waals surface area contributed by atoms with E-state index in [-0.39, 0.29) is 5.91 Å². The summed E-state index contributed by atoms with van der Waals surface area (Å²) >= 11 is 0. The topological polar surface area (TPSA) is 67.6 Å². The highest BCUT2D eigenvalue weighted by Gasteiger charge is 2.04. The van der Waals surface area contributed by atoms with Crippen molar-refractivity contribution in [3.8, 4) is 0 Å². The third kappa shape index (κ3) is 6.79. The summed E-state index contributed by atoms with van der Waals surface area (Å²) in [6.07, 6.45) is 1.33. The van der Waals surface area contributed by atoms with Gasteiger partial charge in [0.2, 0.25) is 5.91 Å². The number of nitrogens with two attached hydrogens (primary N) is 1. The second-order valence-electron chi connectivity index (χ2n) is 4.57. The van der Waals surface area contributed by atoms with Crippen molar-refractivity contribution in [1.29, 1.82) is 0 Å². The second-order valence-corrected chi connectivity index (χ2v) is 4.57. The lowest BCUT2D eigenvalue weighted by molar-refractivity contribution is -0.116. The highest BCUT2D eigenvalue weighted by Crippen LogP contribution is 2.12. The summed E-state index contributed by atoms with van der Waals surface area (Å²) in [4.78, 5) is 13.9. The quantitative estimate of drug-likeness (QED) is 0.700. The maximum atomic E-state index is 11.7. The average molecular weight is 265 g/mol. The maximum Gasteiger partial charge on any atom is 0.224 e. The van der Waals surface area contributed by atoms with Crippen LogP contribution in [-0.4, -0.2) is 44.7 Å². The van der Waals surface area contributed by atoms with Crippen LogP contribution in [0, 0.1) is 0 Å². The van der Waals surface area contributed by atoms with Crippen molar-refractivity contribution in [3.05, 3.63) is 24.3 Å². The lowest BCUT2D eigenvalue weighted by Crippen LogP contribution is -2.25. The Morgan fingerprint density at radius 2 is 2.21 bits per heavy atom. The van der Waals surface area contributed by atoms with Gasteiger partial charge in [0.25, 0.3) is 0 Å². The van der Waals surface area contributed by atoms with E-state index in [2.05, 4.69) is 10.2 Å². The first kappa shape index (κ1) is 15.5. The van der Waals surface area contributed by atoms with E-state index in [1.54, 1.807) is 19.2 Å². The molecule has 5 heteroatoms. The molecule has 0 bridgehead atoms. The standard InChI is InChI=1S/C14H23N3O2/c1-17(9-10-19-2)8-4-7-14(18)16-13-6-3-5-12(15)11-13/h3,5-6,11H,4,7-10,15H2,1-2H3,(H,16,18). The summed E-state index contributed by atoms with van der Waals surface area (Å²) in [6.45, 7) is 2.48. The number of nitrogens with one attached hydrogen (secondary N) is 1. The van der Waals surface area contributed by atoms with Gasteiger partial charge in [0.05, 0.1) is 6.61 Å². The van der Waals surface area contributed by atoms with Crippen LogP contribution in [0.4, 0.5) is 11.4 Å². The van der Waals surface area contributed by atoms with E-state index in [0.29, 0.717) is 18.7 Å². The smallest absolute Gasteiger partial charge is 0.224 e. The number of amides is 1. The molecule has 0 aliphatic rings. The molecule has 106 valence electrons. The SMILES string of the molecule is COCCN(C)CCCC(=O)Nc1cccc(N)c1. The monoisotopic (exact) mass is 265 g/mol. The highest BCUT2D eigenvalue weighted by atomic mass is 16.5. The van der Waals surface area contributed by atoms with Crippen molar-refractivity contribution in [3.63, 3.8) is 0 Å². The first-order valence-corrected chi connectivity index (χ1v) is 6.44. The van der Waals surface area contributed by atoms with Crippen molar-refractivity contribution in [2.75, 3.05) is 44.9 Å². The normalized spacial score (nSPS) is 10.7. The van der Waals surface area contributed by atoms with E-state index in [9.17, 15) is 4.79 Å². The van der Waals surface area contributed by atoms with Gasteiger partial charge in [0.15, 0.2) is 0 Å². The molecule has 5 nitrogen and oxygen atoms in total. The zero-order valence-electron chi connectivity index (χ0n) is 11.7. The van der Waals surface area contributed by atoms with Crippen LogP contribution in [-0.2, 0) is 9.53 Å². The molecule has 1 aromatic rings. The zero-order valence-corrected chi connectivity index (χ0v) is 11.7. The lowest BCUT2D eigenvalue weighted by atomic mass is 10.2. The summed E-state index contributed by atoms with van der Waals surface area (Å²) < 4.78 is 5.00. The molecule has 1 amide bonds. The number of hydrogen-bond donors (Lipinski definition) is 2. The van der Waals surface area contributed by atoms with Crippen molar-refractivity contribution >= 4 is 17.3 Å². The van der Waals surface area contributed by atoms with Gasteiger partial charge in [-0.1, -0.05) is 6.07 Å². The molecule has 0 unspecified atom stereocenters. The Bertz CT molecular complexity index is 396. The summed E-state index contributed by atoms with van der Waals surface area (Å²) in [6, 6.07) is 7.20. The van der Waals surface area contributed by atoms with Gasteiger partial charge < -0.3 is 20.7 Å². The molecular weight excluding hydrogens is 242 g/mol. The van der Waals surface area contributed by atoms with Gasteiger partial charge in [0.1, 0.15) is 0 Å². The van der Waals surface area contributed by atoms with Gasteiger partial charge in [0, 0.05) is 31.5 Å². The zero-order chi connectivity index (χ0) is 14.1. The molecule has 3 N–H and O–H groups in total. The van der Waals surface area contributed by atoms with Crippen LogP contribution < -0.4 is 11.1 Å². The van der Waals surface area contributed by atoms with E-state index < -0.39 is 0 Å². The van der Waals surface area contributed by atoms with Crippen LogP contribution in [0.1, 0.15) is 12.8 Å². The first-order chi connectivity index (χ1) is 9.11. The van der Waals surface area contributed by atoms with Gasteiger partial charge in [-0.2, -0.15) is 0 Å². The molecule has 0 aliphatic carbocycles. The second kappa shape index (κ2) is 8.50. The predicted molar refractivity (Wildman–Crippen MR) is 78.1 cm³/mol. The van der Waals surface area contributed by atoms with Crippen LogP contribution in [0.25, 0.3) is 0 Å². The Labute approximate surface area is 114 Å². The summed E-state index contributed by atoms with van der Waals surface area (Å²) in [5.74, 6) is 0.0192. The van der Waals surface area contributed by atoms with Crippen LogP contribution in [0.15, 0.2) is 24.3 Å². The van der Waals surface area contributed by atoms with E-state index >= 15 is 0 Å². The Kier molecular flexibility index (Phi) is 6.92. The third-order valence-electron chi connectivity index (χ3n) is 2.79.